The van der Waals surface area contributed by atoms with E-state index in [4.69, 9.17) is 49.5 Å². The third-order valence-electron chi connectivity index (χ3n) is 6.53. The van der Waals surface area contributed by atoms with Crippen LogP contribution in [0.5, 0.6) is 5.75 Å². The second-order valence-electron chi connectivity index (χ2n) is 10.0. The molecule has 18 heteroatoms. The van der Waals surface area contributed by atoms with Crippen LogP contribution in [-0.4, -0.2) is 120 Å². The SMILES string of the molecule is COC(=O)[C@H]1OC(OC[C@H]2OC(Oc3ccc(C(=O)Cl)cc3)[C@H](O)[C@@H](OC(C)=O)[C@H]2OC(C)=O)[C@H](OC(C)=O)[C@@H](OC(C)=O)[C@@H]1O. The van der Waals surface area contributed by atoms with Gasteiger partial charge in [0, 0.05) is 33.3 Å². The Morgan fingerprint density at radius 3 is 1.72 bits per heavy atom. The molecule has 1 aromatic carbocycles. The number of aliphatic hydroxyl groups is 2. The zero-order valence-corrected chi connectivity index (χ0v) is 25.9. The molecule has 2 N–H and O–H groups in total. The molecule has 2 saturated heterocycles. The number of methoxy groups -OCH3 is 1. The summed E-state index contributed by atoms with van der Waals surface area (Å²) >= 11 is 5.48. The number of aliphatic hydroxyl groups excluding tert-OH is 2. The van der Waals surface area contributed by atoms with Crippen LogP contribution in [-0.2, 0) is 61.9 Å². The Bertz CT molecular complexity index is 1290. The van der Waals surface area contributed by atoms with Gasteiger partial charge in [-0.25, -0.2) is 4.79 Å². The van der Waals surface area contributed by atoms with Crippen LogP contribution in [0.3, 0.4) is 0 Å². The highest BCUT2D eigenvalue weighted by atomic mass is 35.5. The summed E-state index contributed by atoms with van der Waals surface area (Å²) in [4.78, 5) is 71.7. The first-order chi connectivity index (χ1) is 21.6. The maximum absolute atomic E-state index is 12.4. The number of halogens is 1. The van der Waals surface area contributed by atoms with E-state index in [-0.39, 0.29) is 11.3 Å². The lowest BCUT2D eigenvalue weighted by molar-refractivity contribution is -0.322. The molecular formula is C28H33ClO17. The molecule has 2 unspecified atom stereocenters. The lowest BCUT2D eigenvalue weighted by Crippen LogP contribution is -2.64. The summed E-state index contributed by atoms with van der Waals surface area (Å²) in [5.74, 6) is -4.53. The lowest BCUT2D eigenvalue weighted by Gasteiger charge is -2.44. The average Bonchev–Trinajstić information content (AvgIpc) is 2.97. The standard InChI is InChI=1S/C28H33ClO17/c1-11(30)40-20-17(45-27(19(35)22(20)42-13(3)32)44-16-8-6-15(7-9-16)25(29)36)10-39-28-24(43-14(4)33)21(41-12(2)31)18(34)23(46-28)26(37)38-5/h6-9,17-24,27-28,34-35H,10H2,1-5H3/t17-,18+,19-,20+,21+,22-,23+,24-,27?,28?/m1/s1. The Balaban J connectivity index is 1.95. The van der Waals surface area contributed by atoms with Crippen LogP contribution in [0.4, 0.5) is 0 Å². The second kappa shape index (κ2) is 16.1. The third-order valence-corrected chi connectivity index (χ3v) is 6.75. The summed E-state index contributed by atoms with van der Waals surface area (Å²) in [7, 11) is 1.01. The van der Waals surface area contributed by atoms with E-state index in [1.807, 2.05) is 0 Å². The van der Waals surface area contributed by atoms with Crippen molar-refractivity contribution in [2.75, 3.05) is 13.7 Å². The number of ether oxygens (including phenoxy) is 9. The molecule has 46 heavy (non-hydrogen) atoms. The molecule has 10 atom stereocenters. The van der Waals surface area contributed by atoms with Crippen LogP contribution >= 0.6 is 11.6 Å². The molecule has 2 fully saturated rings. The topological polar surface area (TPSA) is 226 Å². The molecule has 0 saturated carbocycles. The van der Waals surface area contributed by atoms with E-state index in [9.17, 15) is 39.0 Å². The highest BCUT2D eigenvalue weighted by molar-refractivity contribution is 6.67. The monoisotopic (exact) mass is 676 g/mol. The van der Waals surface area contributed by atoms with Gasteiger partial charge < -0.3 is 52.8 Å². The minimum absolute atomic E-state index is 0.0857. The van der Waals surface area contributed by atoms with Crippen molar-refractivity contribution in [3.8, 4) is 5.75 Å². The van der Waals surface area contributed by atoms with Crippen molar-refractivity contribution in [3.63, 3.8) is 0 Å². The number of hydrogen-bond donors (Lipinski definition) is 2. The van der Waals surface area contributed by atoms with E-state index in [0.29, 0.717) is 0 Å². The lowest BCUT2D eigenvalue weighted by atomic mass is 9.97. The van der Waals surface area contributed by atoms with Gasteiger partial charge in [0.05, 0.1) is 13.7 Å². The second-order valence-corrected chi connectivity index (χ2v) is 10.4. The summed E-state index contributed by atoms with van der Waals surface area (Å²) in [6.07, 6.45) is -16.5. The van der Waals surface area contributed by atoms with Crippen LogP contribution in [0.15, 0.2) is 24.3 Å². The molecule has 0 radical (unpaired) electrons. The fraction of sp³-hybridized carbons (Fsp3) is 0.571. The molecule has 0 bridgehead atoms. The fourth-order valence-electron chi connectivity index (χ4n) is 4.69. The molecule has 2 aliphatic rings. The van der Waals surface area contributed by atoms with E-state index in [1.165, 1.54) is 24.3 Å². The summed E-state index contributed by atoms with van der Waals surface area (Å²) in [5.41, 5.74) is 0.148. The highest BCUT2D eigenvalue weighted by Crippen LogP contribution is 2.32. The molecule has 3 rings (SSSR count). The largest absolute Gasteiger partial charge is 0.467 e. The molecule has 2 heterocycles. The Kier molecular flexibility index (Phi) is 12.8. The maximum Gasteiger partial charge on any atom is 0.338 e. The van der Waals surface area contributed by atoms with Crippen molar-refractivity contribution in [3.05, 3.63) is 29.8 Å². The Hall–Kier alpha value is -3.87. The molecule has 0 amide bonds. The van der Waals surface area contributed by atoms with E-state index < -0.39 is 103 Å². The molecule has 0 spiro atoms. The minimum Gasteiger partial charge on any atom is -0.467 e. The molecule has 0 aromatic heterocycles. The number of benzene rings is 1. The number of esters is 5. The van der Waals surface area contributed by atoms with Crippen LogP contribution in [0, 0.1) is 0 Å². The average molecular weight is 677 g/mol. The fourth-order valence-corrected chi connectivity index (χ4v) is 4.81. The molecular weight excluding hydrogens is 644 g/mol. The molecule has 2 aliphatic heterocycles. The van der Waals surface area contributed by atoms with E-state index >= 15 is 0 Å². The van der Waals surface area contributed by atoms with E-state index in [2.05, 4.69) is 4.74 Å². The Morgan fingerprint density at radius 2 is 1.22 bits per heavy atom. The van der Waals surface area contributed by atoms with Crippen molar-refractivity contribution in [2.45, 2.75) is 89.1 Å². The van der Waals surface area contributed by atoms with Crippen molar-refractivity contribution in [1.29, 1.82) is 0 Å². The number of hydrogen-bond acceptors (Lipinski definition) is 17. The number of rotatable bonds is 11. The van der Waals surface area contributed by atoms with Crippen molar-refractivity contribution < 1.29 is 81.6 Å². The smallest absolute Gasteiger partial charge is 0.338 e. The van der Waals surface area contributed by atoms with E-state index in [0.717, 1.165) is 34.8 Å². The van der Waals surface area contributed by atoms with Gasteiger partial charge in [-0.1, -0.05) is 0 Å². The van der Waals surface area contributed by atoms with Gasteiger partial charge in [0.2, 0.25) is 6.29 Å². The number of carbonyl (C=O) groups excluding carboxylic acids is 6. The quantitative estimate of drug-likeness (QED) is 0.172. The molecule has 0 aliphatic carbocycles. The zero-order chi connectivity index (χ0) is 34.3. The predicted molar refractivity (Wildman–Crippen MR) is 147 cm³/mol. The van der Waals surface area contributed by atoms with Gasteiger partial charge >= 0.3 is 29.8 Å². The van der Waals surface area contributed by atoms with Crippen LogP contribution in [0.2, 0.25) is 0 Å². The van der Waals surface area contributed by atoms with Crippen molar-refractivity contribution in [2.24, 2.45) is 0 Å². The zero-order valence-electron chi connectivity index (χ0n) is 25.2. The first kappa shape index (κ1) is 36.6. The van der Waals surface area contributed by atoms with Crippen LogP contribution in [0.1, 0.15) is 38.1 Å². The predicted octanol–water partition coefficient (Wildman–Crippen LogP) is -0.468. The molecule has 1 aromatic rings. The summed E-state index contributed by atoms with van der Waals surface area (Å²) in [6.45, 7) is 3.47. The van der Waals surface area contributed by atoms with E-state index in [1.54, 1.807) is 0 Å². The van der Waals surface area contributed by atoms with Gasteiger partial charge in [-0.15, -0.1) is 0 Å². The first-order valence-corrected chi connectivity index (χ1v) is 14.0. The minimum atomic E-state index is -1.86. The number of carbonyl (C=O) groups is 6. The van der Waals surface area contributed by atoms with Gasteiger partial charge in [0.15, 0.2) is 42.9 Å². The van der Waals surface area contributed by atoms with Gasteiger partial charge in [-0.05, 0) is 35.9 Å². The van der Waals surface area contributed by atoms with Crippen molar-refractivity contribution >= 4 is 46.7 Å². The maximum atomic E-state index is 12.4. The van der Waals surface area contributed by atoms with Crippen LogP contribution < -0.4 is 4.74 Å². The molecule has 17 nitrogen and oxygen atoms in total. The van der Waals surface area contributed by atoms with Gasteiger partial charge in [0.1, 0.15) is 18.0 Å². The van der Waals surface area contributed by atoms with Crippen molar-refractivity contribution in [1.82, 2.24) is 0 Å². The van der Waals surface area contributed by atoms with Crippen LogP contribution in [0.25, 0.3) is 0 Å². The summed E-state index contributed by atoms with van der Waals surface area (Å²) in [6, 6.07) is 5.38. The third kappa shape index (κ3) is 9.34. The van der Waals surface area contributed by atoms with Gasteiger partial charge in [-0.2, -0.15) is 0 Å². The van der Waals surface area contributed by atoms with Gasteiger partial charge in [-0.3, -0.25) is 24.0 Å². The Morgan fingerprint density at radius 1 is 0.717 bits per heavy atom. The molecule has 254 valence electrons. The summed E-state index contributed by atoms with van der Waals surface area (Å²) in [5, 5.41) is 21.1. The Labute approximate surface area is 266 Å². The normalized spacial score (nSPS) is 30.7. The highest BCUT2D eigenvalue weighted by Gasteiger charge is 2.55. The summed E-state index contributed by atoms with van der Waals surface area (Å²) < 4.78 is 48.6. The van der Waals surface area contributed by atoms with Gasteiger partial charge in [0.25, 0.3) is 5.24 Å². The first-order valence-electron chi connectivity index (χ1n) is 13.6.